The minimum Gasteiger partial charge on any atom is -0.420 e. The maximum absolute atomic E-state index is 14.6. The van der Waals surface area contributed by atoms with Crippen LogP contribution in [0.1, 0.15) is 13.8 Å². The molecular weight excluding hydrogens is 342 g/mol. The Hall–Kier alpha value is -3.28. The zero-order chi connectivity index (χ0) is 19.4. The van der Waals surface area contributed by atoms with Crippen LogP contribution in [0.4, 0.5) is 8.78 Å². The lowest BCUT2D eigenvalue weighted by molar-refractivity contribution is -0.131. The third kappa shape index (κ3) is 4.22. The van der Waals surface area contributed by atoms with Gasteiger partial charge in [0.25, 0.3) is 0 Å². The summed E-state index contributed by atoms with van der Waals surface area (Å²) in [7, 11) is 0. The van der Waals surface area contributed by atoms with Gasteiger partial charge in [0.2, 0.25) is 0 Å². The Bertz CT molecular complexity index is 916. The van der Waals surface area contributed by atoms with Gasteiger partial charge in [-0.25, -0.2) is 18.4 Å². The van der Waals surface area contributed by atoms with Gasteiger partial charge < -0.3 is 9.47 Å². The van der Waals surface area contributed by atoms with Crippen molar-refractivity contribution < 1.29 is 27.8 Å². The van der Waals surface area contributed by atoms with Crippen molar-refractivity contribution in [2.24, 2.45) is 0 Å². The van der Waals surface area contributed by atoms with Crippen molar-refractivity contribution in [1.29, 1.82) is 0 Å². The van der Waals surface area contributed by atoms with Crippen molar-refractivity contribution in [1.82, 2.24) is 0 Å². The van der Waals surface area contributed by atoms with Crippen LogP contribution < -0.4 is 9.47 Å². The van der Waals surface area contributed by atoms with Crippen molar-refractivity contribution in [2.45, 2.75) is 13.8 Å². The molecule has 0 atom stereocenters. The molecule has 0 unspecified atom stereocenters. The minimum atomic E-state index is -0.846. The molecule has 0 heterocycles. The van der Waals surface area contributed by atoms with Gasteiger partial charge in [0, 0.05) is 16.7 Å². The average Bonchev–Trinajstić information content (AvgIpc) is 2.58. The van der Waals surface area contributed by atoms with Gasteiger partial charge in [0.05, 0.1) is 0 Å². The quantitative estimate of drug-likeness (QED) is 0.445. The molecule has 0 aromatic heterocycles. The highest BCUT2D eigenvalue weighted by atomic mass is 19.1. The third-order valence-electron chi connectivity index (χ3n) is 3.31. The number of rotatable bonds is 5. The second kappa shape index (κ2) is 7.74. The second-order valence-corrected chi connectivity index (χ2v) is 5.60. The summed E-state index contributed by atoms with van der Waals surface area (Å²) < 4.78 is 38.5. The van der Waals surface area contributed by atoms with Crippen LogP contribution in [0, 0.1) is 11.6 Å². The molecule has 26 heavy (non-hydrogen) atoms. The fraction of sp³-hybridized carbons (Fsp3) is 0.100. The summed E-state index contributed by atoms with van der Waals surface area (Å²) in [5.74, 6) is -3.81. The molecule has 2 aromatic rings. The number of halogens is 2. The number of esters is 2. The monoisotopic (exact) mass is 358 g/mol. The van der Waals surface area contributed by atoms with Gasteiger partial charge in [0.15, 0.2) is 23.1 Å². The summed E-state index contributed by atoms with van der Waals surface area (Å²) >= 11 is 0. The van der Waals surface area contributed by atoms with Gasteiger partial charge in [-0.3, -0.25) is 0 Å². The summed E-state index contributed by atoms with van der Waals surface area (Å²) in [4.78, 5) is 23.0. The van der Waals surface area contributed by atoms with Crippen LogP contribution in [0.3, 0.4) is 0 Å². The van der Waals surface area contributed by atoms with E-state index in [4.69, 9.17) is 9.47 Å². The molecule has 0 N–H and O–H groups in total. The number of benzene rings is 2. The fourth-order valence-corrected chi connectivity index (χ4v) is 1.94. The Morgan fingerprint density at radius 1 is 0.885 bits per heavy atom. The van der Waals surface area contributed by atoms with E-state index in [9.17, 15) is 18.4 Å². The highest BCUT2D eigenvalue weighted by Gasteiger charge is 2.17. The van der Waals surface area contributed by atoms with E-state index in [2.05, 4.69) is 13.2 Å². The van der Waals surface area contributed by atoms with Crippen molar-refractivity contribution >= 4 is 11.9 Å². The van der Waals surface area contributed by atoms with Gasteiger partial charge in [-0.05, 0) is 37.6 Å². The molecule has 4 nitrogen and oxygen atoms in total. The van der Waals surface area contributed by atoms with Crippen LogP contribution >= 0.6 is 0 Å². The lowest BCUT2D eigenvalue weighted by Gasteiger charge is -2.10. The second-order valence-electron chi connectivity index (χ2n) is 5.60. The van der Waals surface area contributed by atoms with Gasteiger partial charge in [-0.1, -0.05) is 31.4 Å². The fourth-order valence-electron chi connectivity index (χ4n) is 1.94. The average molecular weight is 358 g/mol. The summed E-state index contributed by atoms with van der Waals surface area (Å²) in [6, 6.07) is 7.75. The number of carbonyl (C=O) groups is 2. The molecule has 6 heteroatoms. The molecule has 0 aliphatic carbocycles. The van der Waals surface area contributed by atoms with Crippen LogP contribution in [0.25, 0.3) is 11.1 Å². The molecule has 0 saturated heterocycles. The summed E-state index contributed by atoms with van der Waals surface area (Å²) in [6.07, 6.45) is 0. The molecule has 0 aliphatic heterocycles. The van der Waals surface area contributed by atoms with E-state index in [-0.39, 0.29) is 33.8 Å². The van der Waals surface area contributed by atoms with Crippen LogP contribution in [-0.2, 0) is 9.59 Å². The van der Waals surface area contributed by atoms with Crippen LogP contribution in [0.5, 0.6) is 11.5 Å². The molecule has 0 radical (unpaired) electrons. The lowest BCUT2D eigenvalue weighted by atomic mass is 10.0. The zero-order valence-corrected chi connectivity index (χ0v) is 14.3. The van der Waals surface area contributed by atoms with Crippen molar-refractivity contribution in [2.75, 3.05) is 0 Å². The van der Waals surface area contributed by atoms with E-state index >= 15 is 0 Å². The Morgan fingerprint density at radius 3 is 2.00 bits per heavy atom. The lowest BCUT2D eigenvalue weighted by Crippen LogP contribution is -2.10. The maximum atomic E-state index is 14.6. The normalized spacial score (nSPS) is 10.2. The minimum absolute atomic E-state index is 0.0219. The molecule has 0 spiro atoms. The van der Waals surface area contributed by atoms with E-state index in [1.807, 2.05) is 0 Å². The predicted molar refractivity (Wildman–Crippen MR) is 92.7 cm³/mol. The smallest absolute Gasteiger partial charge is 0.338 e. The molecule has 2 rings (SSSR count). The highest BCUT2D eigenvalue weighted by molar-refractivity contribution is 5.89. The van der Waals surface area contributed by atoms with E-state index in [0.29, 0.717) is 0 Å². The Balaban J connectivity index is 2.36. The van der Waals surface area contributed by atoms with E-state index in [1.54, 1.807) is 0 Å². The largest absolute Gasteiger partial charge is 0.420 e. The summed E-state index contributed by atoms with van der Waals surface area (Å²) in [5.41, 5.74) is 0.438. The molecule has 0 fully saturated rings. The molecule has 2 aromatic carbocycles. The van der Waals surface area contributed by atoms with Crippen LogP contribution in [-0.4, -0.2) is 11.9 Å². The van der Waals surface area contributed by atoms with E-state index in [0.717, 1.165) is 6.07 Å². The van der Waals surface area contributed by atoms with Crippen molar-refractivity contribution in [3.8, 4) is 22.6 Å². The number of carbonyl (C=O) groups excluding carboxylic acids is 2. The Morgan fingerprint density at radius 2 is 1.46 bits per heavy atom. The number of hydrogen-bond donors (Lipinski definition) is 0. The van der Waals surface area contributed by atoms with E-state index in [1.165, 1.54) is 44.2 Å². The standard InChI is InChI=1S/C20H16F2O4/c1-11(2)19(23)25-16-9-8-13(10-15(16)21)14-6-5-7-17(18(14)22)26-20(24)12(3)4/h5-10H,1,3H2,2,4H3. The summed E-state index contributed by atoms with van der Waals surface area (Å²) in [5, 5.41) is 0. The maximum Gasteiger partial charge on any atom is 0.338 e. The zero-order valence-electron chi connectivity index (χ0n) is 14.3. The first-order valence-corrected chi connectivity index (χ1v) is 7.54. The number of hydrogen-bond acceptors (Lipinski definition) is 4. The Kier molecular flexibility index (Phi) is 5.67. The summed E-state index contributed by atoms with van der Waals surface area (Å²) in [6.45, 7) is 9.70. The van der Waals surface area contributed by atoms with Gasteiger partial charge >= 0.3 is 11.9 Å². The number of ether oxygens (including phenoxy) is 2. The molecule has 0 saturated carbocycles. The van der Waals surface area contributed by atoms with Crippen molar-refractivity contribution in [3.05, 3.63) is 72.3 Å². The van der Waals surface area contributed by atoms with Crippen LogP contribution in [0.15, 0.2) is 60.7 Å². The van der Waals surface area contributed by atoms with E-state index < -0.39 is 23.6 Å². The molecule has 0 amide bonds. The molecule has 134 valence electrons. The first kappa shape index (κ1) is 19.1. The molecule has 0 aliphatic rings. The SMILES string of the molecule is C=C(C)C(=O)Oc1ccc(-c2cccc(OC(=O)C(=C)C)c2F)cc1F. The van der Waals surface area contributed by atoms with Gasteiger partial charge in [-0.2, -0.15) is 0 Å². The van der Waals surface area contributed by atoms with Gasteiger partial charge in [-0.15, -0.1) is 0 Å². The molecule has 0 bridgehead atoms. The predicted octanol–water partition coefficient (Wildman–Crippen LogP) is 4.59. The van der Waals surface area contributed by atoms with Gasteiger partial charge in [0.1, 0.15) is 0 Å². The first-order valence-electron chi connectivity index (χ1n) is 7.54. The van der Waals surface area contributed by atoms with Crippen molar-refractivity contribution in [3.63, 3.8) is 0 Å². The van der Waals surface area contributed by atoms with Crippen LogP contribution in [0.2, 0.25) is 0 Å². The Labute approximate surface area is 149 Å². The first-order chi connectivity index (χ1) is 12.2. The topological polar surface area (TPSA) is 52.6 Å². The molecular formula is C20H16F2O4. The highest BCUT2D eigenvalue weighted by Crippen LogP contribution is 2.32. The third-order valence-corrected chi connectivity index (χ3v) is 3.31.